The van der Waals surface area contributed by atoms with Crippen LogP contribution in [0, 0.1) is 6.92 Å². The van der Waals surface area contributed by atoms with E-state index in [0.29, 0.717) is 22.0 Å². The fourth-order valence-electron chi connectivity index (χ4n) is 2.95. The number of anilines is 1. The second-order valence-electron chi connectivity index (χ2n) is 6.60. The summed E-state index contributed by atoms with van der Waals surface area (Å²) < 4.78 is 28.3. The Morgan fingerprint density at radius 1 is 1.10 bits per heavy atom. The van der Waals surface area contributed by atoms with Gasteiger partial charge in [-0.2, -0.15) is 5.10 Å². The summed E-state index contributed by atoms with van der Waals surface area (Å²) in [5.74, 6) is -0.581. The number of aryl methyl sites for hydroxylation is 1. The second kappa shape index (κ2) is 8.01. The fourth-order valence-corrected chi connectivity index (χ4v) is 3.41. The summed E-state index contributed by atoms with van der Waals surface area (Å²) in [6.07, 6.45) is -1.60. The number of hydrogen-bond donors (Lipinski definition) is 1. The Labute approximate surface area is 180 Å². The van der Waals surface area contributed by atoms with Crippen LogP contribution >= 0.6 is 23.2 Å². The second-order valence-corrected chi connectivity index (χ2v) is 7.45. The predicted molar refractivity (Wildman–Crippen MR) is 113 cm³/mol. The minimum atomic E-state index is -2.80. The summed E-state index contributed by atoms with van der Waals surface area (Å²) in [6.45, 7) is 1.92. The van der Waals surface area contributed by atoms with Gasteiger partial charge in [-0.3, -0.25) is 4.79 Å². The molecule has 1 amide bonds. The van der Waals surface area contributed by atoms with Crippen LogP contribution in [-0.4, -0.2) is 20.5 Å². The van der Waals surface area contributed by atoms with Gasteiger partial charge in [-0.05, 0) is 31.2 Å². The van der Waals surface area contributed by atoms with Gasteiger partial charge in [-0.1, -0.05) is 53.0 Å². The molecule has 0 unspecified atom stereocenters. The Bertz CT molecular complexity index is 1260. The summed E-state index contributed by atoms with van der Waals surface area (Å²) in [6, 6.07) is 13.2. The lowest BCUT2D eigenvalue weighted by Gasteiger charge is -2.09. The van der Waals surface area contributed by atoms with Crippen LogP contribution in [0.1, 0.15) is 28.0 Å². The van der Waals surface area contributed by atoms with E-state index in [4.69, 9.17) is 23.2 Å². The van der Waals surface area contributed by atoms with Crippen molar-refractivity contribution in [1.82, 2.24) is 14.6 Å². The largest absolute Gasteiger partial charge is 0.320 e. The van der Waals surface area contributed by atoms with Crippen LogP contribution in [-0.2, 0) is 0 Å². The van der Waals surface area contributed by atoms with Crippen molar-refractivity contribution in [3.63, 3.8) is 0 Å². The summed E-state index contributed by atoms with van der Waals surface area (Å²) in [4.78, 5) is 17.2. The van der Waals surface area contributed by atoms with Crippen LogP contribution in [0.5, 0.6) is 0 Å². The van der Waals surface area contributed by atoms with Gasteiger partial charge in [0.1, 0.15) is 11.3 Å². The molecule has 0 radical (unpaired) electrons. The van der Waals surface area contributed by atoms with Gasteiger partial charge >= 0.3 is 0 Å². The lowest BCUT2D eigenvalue weighted by Crippen LogP contribution is -2.13. The van der Waals surface area contributed by atoms with Gasteiger partial charge in [0, 0.05) is 10.6 Å². The van der Waals surface area contributed by atoms with E-state index < -0.39 is 12.3 Å². The summed E-state index contributed by atoms with van der Waals surface area (Å²) >= 11 is 12.0. The number of carbonyl (C=O) groups excluding carboxylic acids is 1. The van der Waals surface area contributed by atoms with Gasteiger partial charge in [-0.15, -0.1) is 0 Å². The molecule has 0 saturated carbocycles. The maximum absolute atomic E-state index is 13.7. The van der Waals surface area contributed by atoms with E-state index in [2.05, 4.69) is 15.4 Å². The van der Waals surface area contributed by atoms with Crippen molar-refractivity contribution in [2.75, 3.05) is 5.32 Å². The van der Waals surface area contributed by atoms with Gasteiger partial charge < -0.3 is 5.32 Å². The molecule has 2 heterocycles. The number of carbonyl (C=O) groups is 1. The normalized spacial score (nSPS) is 11.3. The van der Waals surface area contributed by atoms with Gasteiger partial charge in [0.2, 0.25) is 0 Å². The topological polar surface area (TPSA) is 59.3 Å². The Morgan fingerprint density at radius 2 is 1.83 bits per heavy atom. The van der Waals surface area contributed by atoms with Gasteiger partial charge in [0.05, 0.1) is 22.6 Å². The number of rotatable bonds is 4. The standard InChI is InChI=1S/C21H14Cl2F2N4O/c1-11-2-4-12(5-3-11)17-9-18(19(24)25)29-20(27-17)14(10-26-29)21(30)28-16-7-6-13(22)8-15(16)23/h2-10,19H,1H3,(H,28,30). The number of aromatic nitrogens is 3. The van der Waals surface area contributed by atoms with E-state index in [0.717, 1.165) is 10.1 Å². The number of hydrogen-bond acceptors (Lipinski definition) is 3. The molecule has 0 fully saturated rings. The van der Waals surface area contributed by atoms with Crippen molar-refractivity contribution in [2.24, 2.45) is 0 Å². The van der Waals surface area contributed by atoms with E-state index in [-0.39, 0.29) is 21.9 Å². The van der Waals surface area contributed by atoms with Crippen LogP contribution in [0.15, 0.2) is 54.7 Å². The van der Waals surface area contributed by atoms with Crippen LogP contribution < -0.4 is 5.32 Å². The zero-order valence-corrected chi connectivity index (χ0v) is 17.0. The van der Waals surface area contributed by atoms with E-state index in [1.165, 1.54) is 18.3 Å². The predicted octanol–water partition coefficient (Wildman–Crippen LogP) is 6.20. The van der Waals surface area contributed by atoms with Crippen molar-refractivity contribution >= 4 is 40.4 Å². The molecule has 0 spiro atoms. The van der Waals surface area contributed by atoms with E-state index in [9.17, 15) is 13.6 Å². The molecule has 9 heteroatoms. The van der Waals surface area contributed by atoms with Crippen molar-refractivity contribution in [3.8, 4) is 11.3 Å². The molecule has 152 valence electrons. The molecule has 5 nitrogen and oxygen atoms in total. The first-order chi connectivity index (χ1) is 14.3. The third-order valence-corrected chi connectivity index (χ3v) is 5.04. The molecule has 2 aromatic heterocycles. The van der Waals surface area contributed by atoms with Crippen LogP contribution in [0.25, 0.3) is 16.9 Å². The first-order valence-electron chi connectivity index (χ1n) is 8.84. The summed E-state index contributed by atoms with van der Waals surface area (Å²) in [7, 11) is 0. The SMILES string of the molecule is Cc1ccc(-c2cc(C(F)F)n3ncc(C(=O)Nc4ccc(Cl)cc4Cl)c3n2)cc1. The molecule has 0 saturated heterocycles. The fraction of sp³-hybridized carbons (Fsp3) is 0.0952. The average Bonchev–Trinajstić information content (AvgIpc) is 3.14. The monoisotopic (exact) mass is 446 g/mol. The smallest absolute Gasteiger partial charge is 0.280 e. The molecule has 0 atom stereocenters. The number of benzene rings is 2. The third-order valence-electron chi connectivity index (χ3n) is 4.49. The molecule has 4 rings (SSSR count). The van der Waals surface area contributed by atoms with Crippen LogP contribution in [0.2, 0.25) is 10.0 Å². The zero-order valence-electron chi connectivity index (χ0n) is 15.5. The average molecular weight is 447 g/mol. The van der Waals surface area contributed by atoms with Crippen molar-refractivity contribution in [3.05, 3.63) is 81.6 Å². The van der Waals surface area contributed by atoms with E-state index >= 15 is 0 Å². The maximum Gasteiger partial charge on any atom is 0.280 e. The van der Waals surface area contributed by atoms with Gasteiger partial charge in [0.15, 0.2) is 5.65 Å². The van der Waals surface area contributed by atoms with Crippen molar-refractivity contribution < 1.29 is 13.6 Å². The van der Waals surface area contributed by atoms with Crippen molar-refractivity contribution in [1.29, 1.82) is 0 Å². The molecule has 0 aliphatic carbocycles. The number of alkyl halides is 2. The van der Waals surface area contributed by atoms with Gasteiger partial charge in [-0.25, -0.2) is 18.3 Å². The molecule has 0 aliphatic rings. The molecule has 2 aromatic carbocycles. The summed E-state index contributed by atoms with van der Waals surface area (Å²) in [5, 5.41) is 7.25. The molecule has 30 heavy (non-hydrogen) atoms. The highest BCUT2D eigenvalue weighted by Gasteiger charge is 2.22. The molecule has 0 bridgehead atoms. The highest BCUT2D eigenvalue weighted by atomic mass is 35.5. The Hall–Kier alpha value is -3.03. The lowest BCUT2D eigenvalue weighted by atomic mass is 10.1. The summed E-state index contributed by atoms with van der Waals surface area (Å²) in [5.41, 5.74) is 2.02. The van der Waals surface area contributed by atoms with Crippen LogP contribution in [0.3, 0.4) is 0 Å². The highest BCUT2D eigenvalue weighted by molar-refractivity contribution is 6.36. The molecule has 1 N–H and O–H groups in total. The molecular weight excluding hydrogens is 433 g/mol. The highest BCUT2D eigenvalue weighted by Crippen LogP contribution is 2.29. The first-order valence-corrected chi connectivity index (χ1v) is 9.59. The minimum absolute atomic E-state index is 0.0194. The molecule has 4 aromatic rings. The van der Waals surface area contributed by atoms with Gasteiger partial charge in [0.25, 0.3) is 12.3 Å². The Morgan fingerprint density at radius 3 is 2.50 bits per heavy atom. The Kier molecular flexibility index (Phi) is 5.40. The van der Waals surface area contributed by atoms with Crippen molar-refractivity contribution in [2.45, 2.75) is 13.3 Å². The maximum atomic E-state index is 13.7. The Balaban J connectivity index is 1.80. The van der Waals surface area contributed by atoms with E-state index in [1.807, 2.05) is 19.1 Å². The number of nitrogens with one attached hydrogen (secondary N) is 1. The molecule has 0 aliphatic heterocycles. The quantitative estimate of drug-likeness (QED) is 0.405. The zero-order chi connectivity index (χ0) is 21.4. The lowest BCUT2D eigenvalue weighted by molar-refractivity contribution is 0.102. The molecular formula is C21H14Cl2F2N4O. The number of amides is 1. The number of halogens is 4. The number of nitrogens with zero attached hydrogens (tertiary/aromatic N) is 3. The first kappa shape index (κ1) is 20.3. The van der Waals surface area contributed by atoms with Crippen LogP contribution in [0.4, 0.5) is 14.5 Å². The minimum Gasteiger partial charge on any atom is -0.320 e. The number of fused-ring (bicyclic) bond motifs is 1. The third kappa shape index (κ3) is 3.86. The van der Waals surface area contributed by atoms with E-state index in [1.54, 1.807) is 24.3 Å².